The first kappa shape index (κ1) is 13.1. The molecule has 4 heteroatoms. The summed E-state index contributed by atoms with van der Waals surface area (Å²) in [6, 6.07) is 10.4. The zero-order valence-corrected chi connectivity index (χ0v) is 11.5. The third kappa shape index (κ3) is 2.96. The minimum absolute atomic E-state index is 0.215. The standard InChI is InChI=1S/C16H19N3O/c20-13-15-3-1-9-18(12-15)11-14-4-6-16(7-5-14)19-10-2-8-17-19/h2,4-8,10,13,15H,1,3,9,11-12H2. The van der Waals surface area contributed by atoms with Gasteiger partial charge in [0.1, 0.15) is 6.29 Å². The Bertz CT molecular complexity index is 548. The fourth-order valence-electron chi connectivity index (χ4n) is 2.78. The van der Waals surface area contributed by atoms with Crippen molar-refractivity contribution >= 4 is 6.29 Å². The number of carbonyl (C=O) groups is 1. The molecule has 1 fully saturated rings. The highest BCUT2D eigenvalue weighted by molar-refractivity contribution is 5.53. The van der Waals surface area contributed by atoms with E-state index in [1.807, 2.05) is 16.9 Å². The summed E-state index contributed by atoms with van der Waals surface area (Å²) in [6.07, 6.45) is 6.98. The van der Waals surface area contributed by atoms with Crippen LogP contribution in [0.15, 0.2) is 42.7 Å². The van der Waals surface area contributed by atoms with Crippen molar-refractivity contribution in [2.45, 2.75) is 19.4 Å². The minimum Gasteiger partial charge on any atom is -0.303 e. The van der Waals surface area contributed by atoms with Crippen LogP contribution in [0.25, 0.3) is 5.69 Å². The first-order chi connectivity index (χ1) is 9.85. The number of nitrogens with zero attached hydrogens (tertiary/aromatic N) is 3. The third-order valence-corrected chi connectivity index (χ3v) is 3.85. The molecule has 20 heavy (non-hydrogen) atoms. The molecular formula is C16H19N3O. The average molecular weight is 269 g/mol. The van der Waals surface area contributed by atoms with E-state index in [4.69, 9.17) is 0 Å². The van der Waals surface area contributed by atoms with E-state index in [0.717, 1.165) is 44.4 Å². The van der Waals surface area contributed by atoms with E-state index in [9.17, 15) is 4.79 Å². The molecule has 1 unspecified atom stereocenters. The van der Waals surface area contributed by atoms with Crippen LogP contribution in [0.3, 0.4) is 0 Å². The van der Waals surface area contributed by atoms with Gasteiger partial charge in [-0.2, -0.15) is 5.10 Å². The van der Waals surface area contributed by atoms with Gasteiger partial charge in [0.25, 0.3) is 0 Å². The molecule has 0 saturated carbocycles. The molecule has 0 aliphatic carbocycles. The fraction of sp³-hybridized carbons (Fsp3) is 0.375. The van der Waals surface area contributed by atoms with Crippen LogP contribution in [0.1, 0.15) is 18.4 Å². The van der Waals surface area contributed by atoms with Gasteiger partial charge in [0, 0.05) is 31.4 Å². The van der Waals surface area contributed by atoms with E-state index in [1.165, 1.54) is 5.56 Å². The van der Waals surface area contributed by atoms with Crippen LogP contribution < -0.4 is 0 Å². The fourth-order valence-corrected chi connectivity index (χ4v) is 2.78. The Balaban J connectivity index is 1.65. The summed E-state index contributed by atoms with van der Waals surface area (Å²) in [5.74, 6) is 0.215. The average Bonchev–Trinajstić information content (AvgIpc) is 3.02. The maximum Gasteiger partial charge on any atom is 0.124 e. The smallest absolute Gasteiger partial charge is 0.124 e. The molecule has 0 radical (unpaired) electrons. The zero-order valence-electron chi connectivity index (χ0n) is 11.5. The molecule has 1 aliphatic rings. The Morgan fingerprint density at radius 2 is 2.15 bits per heavy atom. The van der Waals surface area contributed by atoms with Gasteiger partial charge in [-0.3, -0.25) is 4.90 Å². The molecule has 2 aromatic rings. The maximum absolute atomic E-state index is 10.9. The highest BCUT2D eigenvalue weighted by Gasteiger charge is 2.19. The van der Waals surface area contributed by atoms with Crippen LogP contribution in [-0.2, 0) is 11.3 Å². The number of likely N-dealkylation sites (tertiary alicyclic amines) is 1. The Morgan fingerprint density at radius 3 is 2.85 bits per heavy atom. The lowest BCUT2D eigenvalue weighted by atomic mass is 9.99. The van der Waals surface area contributed by atoms with Gasteiger partial charge in [-0.15, -0.1) is 0 Å². The van der Waals surface area contributed by atoms with Gasteiger partial charge in [0.2, 0.25) is 0 Å². The van der Waals surface area contributed by atoms with Gasteiger partial charge in [0.05, 0.1) is 5.69 Å². The van der Waals surface area contributed by atoms with Crippen molar-refractivity contribution in [2.75, 3.05) is 13.1 Å². The normalized spacial score (nSPS) is 19.9. The summed E-state index contributed by atoms with van der Waals surface area (Å²) in [4.78, 5) is 13.3. The predicted octanol–water partition coefficient (Wildman–Crippen LogP) is 2.28. The monoisotopic (exact) mass is 269 g/mol. The number of rotatable bonds is 4. The second-order valence-corrected chi connectivity index (χ2v) is 5.39. The van der Waals surface area contributed by atoms with Crippen LogP contribution in [0.4, 0.5) is 0 Å². The van der Waals surface area contributed by atoms with Crippen LogP contribution in [0.2, 0.25) is 0 Å². The van der Waals surface area contributed by atoms with Crippen molar-refractivity contribution in [3.05, 3.63) is 48.3 Å². The second-order valence-electron chi connectivity index (χ2n) is 5.39. The van der Waals surface area contributed by atoms with Crippen molar-refractivity contribution in [3.8, 4) is 5.69 Å². The molecule has 1 aromatic carbocycles. The van der Waals surface area contributed by atoms with Crippen LogP contribution in [-0.4, -0.2) is 34.1 Å². The number of hydrogen-bond acceptors (Lipinski definition) is 3. The summed E-state index contributed by atoms with van der Waals surface area (Å²) in [5, 5.41) is 4.22. The topological polar surface area (TPSA) is 38.1 Å². The first-order valence-electron chi connectivity index (χ1n) is 7.12. The van der Waals surface area contributed by atoms with E-state index >= 15 is 0 Å². The summed E-state index contributed by atoms with van der Waals surface area (Å²) in [5.41, 5.74) is 2.36. The maximum atomic E-state index is 10.9. The van der Waals surface area contributed by atoms with E-state index in [2.05, 4.69) is 34.3 Å². The Hall–Kier alpha value is -1.94. The number of carbonyl (C=O) groups excluding carboxylic acids is 1. The number of piperidine rings is 1. The molecule has 2 heterocycles. The molecule has 1 saturated heterocycles. The number of aromatic nitrogens is 2. The van der Waals surface area contributed by atoms with E-state index in [0.29, 0.717) is 0 Å². The first-order valence-corrected chi connectivity index (χ1v) is 7.12. The lowest BCUT2D eigenvalue weighted by molar-refractivity contribution is -0.112. The van der Waals surface area contributed by atoms with Crippen molar-refractivity contribution in [2.24, 2.45) is 5.92 Å². The molecule has 1 aliphatic heterocycles. The Kier molecular flexibility index (Phi) is 3.92. The zero-order chi connectivity index (χ0) is 13.8. The van der Waals surface area contributed by atoms with Crippen molar-refractivity contribution < 1.29 is 4.79 Å². The molecule has 0 amide bonds. The summed E-state index contributed by atoms with van der Waals surface area (Å²) < 4.78 is 1.85. The molecule has 3 rings (SSSR count). The molecule has 104 valence electrons. The van der Waals surface area contributed by atoms with Gasteiger partial charge in [-0.1, -0.05) is 12.1 Å². The van der Waals surface area contributed by atoms with Gasteiger partial charge in [-0.05, 0) is 43.1 Å². The number of aldehydes is 1. The Labute approximate surface area is 119 Å². The highest BCUT2D eigenvalue weighted by Crippen LogP contribution is 2.17. The van der Waals surface area contributed by atoms with Crippen molar-refractivity contribution in [3.63, 3.8) is 0 Å². The number of benzene rings is 1. The third-order valence-electron chi connectivity index (χ3n) is 3.85. The summed E-state index contributed by atoms with van der Waals surface area (Å²) in [6.45, 7) is 2.90. The van der Waals surface area contributed by atoms with Crippen molar-refractivity contribution in [1.29, 1.82) is 0 Å². The predicted molar refractivity (Wildman–Crippen MR) is 77.6 cm³/mol. The minimum atomic E-state index is 0.215. The second kappa shape index (κ2) is 6.01. The summed E-state index contributed by atoms with van der Waals surface area (Å²) >= 11 is 0. The molecular weight excluding hydrogens is 250 g/mol. The Morgan fingerprint density at radius 1 is 1.30 bits per heavy atom. The van der Waals surface area contributed by atoms with Gasteiger partial charge >= 0.3 is 0 Å². The van der Waals surface area contributed by atoms with Gasteiger partial charge < -0.3 is 4.79 Å². The highest BCUT2D eigenvalue weighted by atomic mass is 16.1. The van der Waals surface area contributed by atoms with Gasteiger partial charge in [0.15, 0.2) is 0 Å². The lowest BCUT2D eigenvalue weighted by Gasteiger charge is -2.30. The molecule has 0 bridgehead atoms. The van der Waals surface area contributed by atoms with Crippen LogP contribution >= 0.6 is 0 Å². The summed E-state index contributed by atoms with van der Waals surface area (Å²) in [7, 11) is 0. The van der Waals surface area contributed by atoms with Crippen molar-refractivity contribution in [1.82, 2.24) is 14.7 Å². The molecule has 0 spiro atoms. The van der Waals surface area contributed by atoms with E-state index in [-0.39, 0.29) is 5.92 Å². The molecule has 4 nitrogen and oxygen atoms in total. The quantitative estimate of drug-likeness (QED) is 0.799. The van der Waals surface area contributed by atoms with Crippen LogP contribution in [0.5, 0.6) is 0 Å². The molecule has 1 aromatic heterocycles. The largest absolute Gasteiger partial charge is 0.303 e. The van der Waals surface area contributed by atoms with E-state index in [1.54, 1.807) is 6.20 Å². The number of hydrogen-bond donors (Lipinski definition) is 0. The molecule has 1 atom stereocenters. The lowest BCUT2D eigenvalue weighted by Crippen LogP contribution is -2.35. The molecule has 0 N–H and O–H groups in total. The van der Waals surface area contributed by atoms with Gasteiger partial charge in [-0.25, -0.2) is 4.68 Å². The van der Waals surface area contributed by atoms with E-state index < -0.39 is 0 Å². The SMILES string of the molecule is O=CC1CCCN(Cc2ccc(-n3cccn3)cc2)C1. The van der Waals surface area contributed by atoms with Crippen LogP contribution in [0, 0.1) is 5.92 Å².